The molecule has 0 radical (unpaired) electrons. The lowest BCUT2D eigenvalue weighted by atomic mass is 10.1. The van der Waals surface area contributed by atoms with Crippen molar-refractivity contribution in [2.45, 2.75) is 44.7 Å². The van der Waals surface area contributed by atoms with Crippen molar-refractivity contribution in [3.05, 3.63) is 0 Å². The van der Waals surface area contributed by atoms with Crippen LogP contribution in [-0.4, -0.2) is 73.6 Å². The number of hydrogen-bond donors (Lipinski definition) is 0. The van der Waals surface area contributed by atoms with E-state index in [0.717, 1.165) is 12.1 Å². The van der Waals surface area contributed by atoms with Gasteiger partial charge in [-0.3, -0.25) is 9.80 Å². The predicted molar refractivity (Wildman–Crippen MR) is 73.4 cm³/mol. The van der Waals surface area contributed by atoms with Gasteiger partial charge in [-0.25, -0.2) is 0 Å². The van der Waals surface area contributed by atoms with E-state index >= 15 is 0 Å². The Bertz CT molecular complexity index is 230. The van der Waals surface area contributed by atoms with Gasteiger partial charge in [-0.2, -0.15) is 0 Å². The lowest BCUT2D eigenvalue weighted by Gasteiger charge is -2.31. The molecule has 0 aliphatic carbocycles. The molecule has 2 aliphatic rings. The van der Waals surface area contributed by atoms with E-state index in [2.05, 4.69) is 35.7 Å². The SMILES string of the molecule is CC(CCN(C)C)N1CCCN2CCCC2C1. The van der Waals surface area contributed by atoms with Crippen molar-refractivity contribution in [2.75, 3.05) is 46.8 Å². The zero-order chi connectivity index (χ0) is 12.3. The van der Waals surface area contributed by atoms with Gasteiger partial charge in [-0.05, 0) is 72.9 Å². The maximum absolute atomic E-state index is 2.74. The fraction of sp³-hybridized carbons (Fsp3) is 1.00. The van der Waals surface area contributed by atoms with Crippen LogP contribution in [0.5, 0.6) is 0 Å². The van der Waals surface area contributed by atoms with Crippen LogP contribution < -0.4 is 0 Å². The lowest BCUT2D eigenvalue weighted by Crippen LogP contribution is -2.41. The summed E-state index contributed by atoms with van der Waals surface area (Å²) in [5.41, 5.74) is 0. The van der Waals surface area contributed by atoms with Gasteiger partial charge >= 0.3 is 0 Å². The highest BCUT2D eigenvalue weighted by molar-refractivity contribution is 4.86. The van der Waals surface area contributed by atoms with Gasteiger partial charge < -0.3 is 4.90 Å². The summed E-state index contributed by atoms with van der Waals surface area (Å²) in [7, 11) is 4.35. The molecule has 0 spiro atoms. The van der Waals surface area contributed by atoms with Crippen molar-refractivity contribution in [3.8, 4) is 0 Å². The minimum absolute atomic E-state index is 0.748. The highest BCUT2D eigenvalue weighted by Crippen LogP contribution is 2.22. The largest absolute Gasteiger partial charge is 0.309 e. The Hall–Kier alpha value is -0.120. The van der Waals surface area contributed by atoms with Gasteiger partial charge in [0.2, 0.25) is 0 Å². The van der Waals surface area contributed by atoms with Crippen molar-refractivity contribution in [1.82, 2.24) is 14.7 Å². The summed E-state index contributed by atoms with van der Waals surface area (Å²) < 4.78 is 0. The maximum Gasteiger partial charge on any atom is 0.0223 e. The summed E-state index contributed by atoms with van der Waals surface area (Å²) >= 11 is 0. The van der Waals surface area contributed by atoms with Gasteiger partial charge in [-0.15, -0.1) is 0 Å². The fourth-order valence-electron chi connectivity index (χ4n) is 3.26. The molecule has 0 bridgehead atoms. The molecule has 2 unspecified atom stereocenters. The number of nitrogens with zero attached hydrogens (tertiary/aromatic N) is 3. The second-order valence-corrected chi connectivity index (χ2v) is 6.12. The van der Waals surface area contributed by atoms with Crippen LogP contribution in [0.25, 0.3) is 0 Å². The first kappa shape index (κ1) is 13.3. The molecule has 0 aromatic rings. The Kier molecular flexibility index (Phi) is 4.83. The Morgan fingerprint density at radius 3 is 2.71 bits per heavy atom. The summed E-state index contributed by atoms with van der Waals surface area (Å²) in [4.78, 5) is 7.76. The molecule has 2 fully saturated rings. The standard InChI is InChI=1S/C14H29N3/c1-13(7-11-15(2)3)17-10-5-9-16-8-4-6-14(16)12-17/h13-14H,4-12H2,1-3H3. The molecule has 3 heteroatoms. The molecule has 0 amide bonds. The van der Waals surface area contributed by atoms with E-state index in [1.54, 1.807) is 0 Å². The number of hydrogen-bond acceptors (Lipinski definition) is 3. The van der Waals surface area contributed by atoms with Gasteiger partial charge in [0.1, 0.15) is 0 Å². The quantitative estimate of drug-likeness (QED) is 0.736. The smallest absolute Gasteiger partial charge is 0.0223 e. The van der Waals surface area contributed by atoms with Crippen molar-refractivity contribution in [2.24, 2.45) is 0 Å². The van der Waals surface area contributed by atoms with Crippen LogP contribution >= 0.6 is 0 Å². The first-order chi connectivity index (χ1) is 8.16. The summed E-state index contributed by atoms with van der Waals surface area (Å²) in [5, 5.41) is 0. The zero-order valence-electron chi connectivity index (χ0n) is 11.9. The van der Waals surface area contributed by atoms with Gasteiger partial charge in [0.25, 0.3) is 0 Å². The third-order valence-electron chi connectivity index (χ3n) is 4.45. The van der Waals surface area contributed by atoms with Gasteiger partial charge in [0.05, 0.1) is 0 Å². The Morgan fingerprint density at radius 2 is 1.94 bits per heavy atom. The van der Waals surface area contributed by atoms with E-state index in [0.29, 0.717) is 0 Å². The van der Waals surface area contributed by atoms with Crippen molar-refractivity contribution >= 4 is 0 Å². The first-order valence-corrected chi connectivity index (χ1v) is 7.29. The average Bonchev–Trinajstić information content (AvgIpc) is 2.63. The molecule has 2 aliphatic heterocycles. The van der Waals surface area contributed by atoms with Crippen molar-refractivity contribution < 1.29 is 0 Å². The normalized spacial score (nSPS) is 29.3. The van der Waals surface area contributed by atoms with E-state index in [4.69, 9.17) is 0 Å². The monoisotopic (exact) mass is 239 g/mol. The van der Waals surface area contributed by atoms with E-state index in [1.165, 1.54) is 58.4 Å². The summed E-state index contributed by atoms with van der Waals surface area (Å²) in [6, 6.07) is 1.61. The molecule has 2 heterocycles. The third-order valence-corrected chi connectivity index (χ3v) is 4.45. The van der Waals surface area contributed by atoms with Gasteiger partial charge in [0.15, 0.2) is 0 Å². The molecule has 3 nitrogen and oxygen atoms in total. The van der Waals surface area contributed by atoms with Crippen LogP contribution in [0.3, 0.4) is 0 Å². The Labute approximate surface area is 107 Å². The van der Waals surface area contributed by atoms with Crippen LogP contribution in [-0.2, 0) is 0 Å². The molecular formula is C14H29N3. The van der Waals surface area contributed by atoms with Crippen LogP contribution in [0.2, 0.25) is 0 Å². The number of fused-ring (bicyclic) bond motifs is 1. The molecule has 0 N–H and O–H groups in total. The molecule has 2 saturated heterocycles. The van der Waals surface area contributed by atoms with Crippen molar-refractivity contribution in [1.29, 1.82) is 0 Å². The highest BCUT2D eigenvalue weighted by Gasteiger charge is 2.30. The molecule has 17 heavy (non-hydrogen) atoms. The minimum Gasteiger partial charge on any atom is -0.309 e. The minimum atomic E-state index is 0.748. The maximum atomic E-state index is 2.74. The van der Waals surface area contributed by atoms with E-state index in [1.807, 2.05) is 0 Å². The topological polar surface area (TPSA) is 9.72 Å². The Balaban J connectivity index is 1.83. The van der Waals surface area contributed by atoms with Gasteiger partial charge in [-0.1, -0.05) is 0 Å². The van der Waals surface area contributed by atoms with Gasteiger partial charge in [0, 0.05) is 18.6 Å². The van der Waals surface area contributed by atoms with E-state index in [9.17, 15) is 0 Å². The van der Waals surface area contributed by atoms with E-state index < -0.39 is 0 Å². The molecule has 0 saturated carbocycles. The summed E-state index contributed by atoms with van der Waals surface area (Å²) in [6.07, 6.45) is 5.52. The lowest BCUT2D eigenvalue weighted by molar-refractivity contribution is 0.167. The van der Waals surface area contributed by atoms with Crippen molar-refractivity contribution in [3.63, 3.8) is 0 Å². The summed E-state index contributed by atoms with van der Waals surface area (Å²) in [6.45, 7) is 8.93. The van der Waals surface area contributed by atoms with E-state index in [-0.39, 0.29) is 0 Å². The van der Waals surface area contributed by atoms with Crippen LogP contribution in [0.15, 0.2) is 0 Å². The molecule has 2 atom stereocenters. The summed E-state index contributed by atoms with van der Waals surface area (Å²) in [5.74, 6) is 0. The molecular weight excluding hydrogens is 210 g/mol. The second kappa shape index (κ2) is 6.17. The molecule has 2 rings (SSSR count). The van der Waals surface area contributed by atoms with Crippen LogP contribution in [0, 0.1) is 0 Å². The third kappa shape index (κ3) is 3.67. The molecule has 100 valence electrons. The fourth-order valence-corrected chi connectivity index (χ4v) is 3.26. The average molecular weight is 239 g/mol. The predicted octanol–water partition coefficient (Wildman–Crippen LogP) is 1.50. The van der Waals surface area contributed by atoms with Crippen LogP contribution in [0.1, 0.15) is 32.6 Å². The Morgan fingerprint density at radius 1 is 1.18 bits per heavy atom. The second-order valence-electron chi connectivity index (χ2n) is 6.12. The van der Waals surface area contributed by atoms with Crippen LogP contribution in [0.4, 0.5) is 0 Å². The first-order valence-electron chi connectivity index (χ1n) is 7.29. The molecule has 0 aromatic heterocycles. The zero-order valence-corrected chi connectivity index (χ0v) is 11.9. The molecule has 0 aromatic carbocycles. The number of rotatable bonds is 4. The highest BCUT2D eigenvalue weighted by atomic mass is 15.3.